The smallest absolute Gasteiger partial charge is 0.149 e. The van der Waals surface area contributed by atoms with Gasteiger partial charge in [0.05, 0.1) is 0 Å². The zero-order valence-corrected chi connectivity index (χ0v) is 9.31. The van der Waals surface area contributed by atoms with Crippen molar-refractivity contribution < 1.29 is 8.78 Å². The van der Waals surface area contributed by atoms with E-state index < -0.39 is 11.6 Å². The molecule has 0 saturated heterocycles. The van der Waals surface area contributed by atoms with Crippen LogP contribution in [0.2, 0.25) is 0 Å². The Balaban J connectivity index is 2.07. The molecule has 1 aromatic rings. The van der Waals surface area contributed by atoms with Crippen LogP contribution in [0.25, 0.3) is 0 Å². The standard InChI is InChI=1S/C13H17F2N/c14-11-8-5-9-12(15)13(11)16-10-6-3-1-2-4-7-10/h5,8-10,16H,1-4,6-7H2. The molecule has 0 aliphatic heterocycles. The molecular weight excluding hydrogens is 208 g/mol. The largest absolute Gasteiger partial charge is 0.378 e. The summed E-state index contributed by atoms with van der Waals surface area (Å²) in [6.45, 7) is 0. The Morgan fingerprint density at radius 3 is 2.06 bits per heavy atom. The fourth-order valence-corrected chi connectivity index (χ4v) is 2.26. The van der Waals surface area contributed by atoms with Gasteiger partial charge in [0, 0.05) is 6.04 Å². The highest BCUT2D eigenvalue weighted by molar-refractivity contribution is 5.46. The molecule has 0 aromatic heterocycles. The molecule has 1 aliphatic carbocycles. The molecule has 1 nitrogen and oxygen atoms in total. The average Bonchev–Trinajstić information content (AvgIpc) is 2.52. The lowest BCUT2D eigenvalue weighted by molar-refractivity contribution is 0.565. The first-order chi connectivity index (χ1) is 7.77. The lowest BCUT2D eigenvalue weighted by Crippen LogP contribution is -2.19. The molecule has 0 atom stereocenters. The van der Waals surface area contributed by atoms with Gasteiger partial charge in [0.25, 0.3) is 0 Å². The summed E-state index contributed by atoms with van der Waals surface area (Å²) in [5, 5.41) is 3.01. The molecule has 1 aromatic carbocycles. The number of halogens is 2. The molecule has 0 spiro atoms. The van der Waals surface area contributed by atoms with Crippen molar-refractivity contribution in [2.75, 3.05) is 5.32 Å². The molecule has 16 heavy (non-hydrogen) atoms. The predicted octanol–water partition coefficient (Wildman–Crippen LogP) is 4.10. The minimum absolute atomic E-state index is 0.0365. The molecule has 0 unspecified atom stereocenters. The van der Waals surface area contributed by atoms with Gasteiger partial charge in [0.1, 0.15) is 17.3 Å². The van der Waals surface area contributed by atoms with Crippen LogP contribution in [0.5, 0.6) is 0 Å². The Kier molecular flexibility index (Phi) is 3.75. The van der Waals surface area contributed by atoms with Gasteiger partial charge in [-0.2, -0.15) is 0 Å². The molecule has 0 heterocycles. The Hall–Kier alpha value is -1.12. The number of hydrogen-bond acceptors (Lipinski definition) is 1. The molecule has 1 N–H and O–H groups in total. The summed E-state index contributed by atoms with van der Waals surface area (Å²) in [7, 11) is 0. The molecule has 0 amide bonds. The van der Waals surface area contributed by atoms with Crippen molar-refractivity contribution in [2.45, 2.75) is 44.6 Å². The summed E-state index contributed by atoms with van der Waals surface area (Å²) in [6.07, 6.45) is 6.78. The average molecular weight is 225 g/mol. The van der Waals surface area contributed by atoms with Crippen molar-refractivity contribution in [1.82, 2.24) is 0 Å². The fraction of sp³-hybridized carbons (Fsp3) is 0.538. The first-order valence-corrected chi connectivity index (χ1v) is 5.98. The number of benzene rings is 1. The summed E-state index contributed by atoms with van der Waals surface area (Å²) in [5.41, 5.74) is 0.0365. The fourth-order valence-electron chi connectivity index (χ4n) is 2.26. The molecule has 0 radical (unpaired) electrons. The van der Waals surface area contributed by atoms with Gasteiger partial charge >= 0.3 is 0 Å². The summed E-state index contributed by atoms with van der Waals surface area (Å²) < 4.78 is 26.8. The van der Waals surface area contributed by atoms with E-state index in [4.69, 9.17) is 0 Å². The highest BCUT2D eigenvalue weighted by Crippen LogP contribution is 2.24. The summed E-state index contributed by atoms with van der Waals surface area (Å²) in [4.78, 5) is 0. The SMILES string of the molecule is Fc1cccc(F)c1NC1CCCCCC1. The molecule has 2 rings (SSSR count). The molecule has 88 valence electrons. The topological polar surface area (TPSA) is 12.0 Å². The van der Waals surface area contributed by atoms with Gasteiger partial charge in [-0.25, -0.2) is 8.78 Å². The molecule has 0 bridgehead atoms. The highest BCUT2D eigenvalue weighted by atomic mass is 19.1. The van der Waals surface area contributed by atoms with Gasteiger partial charge in [-0.3, -0.25) is 0 Å². The van der Waals surface area contributed by atoms with E-state index in [2.05, 4.69) is 5.32 Å². The van der Waals surface area contributed by atoms with Crippen LogP contribution in [-0.4, -0.2) is 6.04 Å². The summed E-state index contributed by atoms with van der Waals surface area (Å²) >= 11 is 0. The minimum Gasteiger partial charge on any atom is -0.378 e. The monoisotopic (exact) mass is 225 g/mol. The third-order valence-electron chi connectivity index (χ3n) is 3.17. The van der Waals surface area contributed by atoms with E-state index in [1.807, 2.05) is 0 Å². The van der Waals surface area contributed by atoms with Crippen LogP contribution in [0.15, 0.2) is 18.2 Å². The Morgan fingerprint density at radius 1 is 0.938 bits per heavy atom. The molecule has 3 heteroatoms. The van der Waals surface area contributed by atoms with Crippen LogP contribution in [-0.2, 0) is 0 Å². The van der Waals surface area contributed by atoms with E-state index in [0.29, 0.717) is 0 Å². The Labute approximate surface area is 94.9 Å². The first kappa shape index (κ1) is 11.4. The van der Waals surface area contributed by atoms with Gasteiger partial charge < -0.3 is 5.32 Å². The van der Waals surface area contributed by atoms with E-state index >= 15 is 0 Å². The quantitative estimate of drug-likeness (QED) is 0.747. The summed E-state index contributed by atoms with van der Waals surface area (Å²) in [5.74, 6) is -0.992. The van der Waals surface area contributed by atoms with Gasteiger partial charge in [0.15, 0.2) is 0 Å². The molecule has 1 aliphatic rings. The summed E-state index contributed by atoms with van der Waals surface area (Å²) in [6, 6.07) is 4.20. The third kappa shape index (κ3) is 2.71. The Morgan fingerprint density at radius 2 is 1.50 bits per heavy atom. The van der Waals surface area contributed by atoms with E-state index in [9.17, 15) is 8.78 Å². The first-order valence-electron chi connectivity index (χ1n) is 5.98. The normalized spacial score (nSPS) is 18.1. The van der Waals surface area contributed by atoms with E-state index in [1.54, 1.807) is 0 Å². The van der Waals surface area contributed by atoms with Crippen LogP contribution in [0.1, 0.15) is 38.5 Å². The minimum atomic E-state index is -0.496. The van der Waals surface area contributed by atoms with Gasteiger partial charge in [-0.15, -0.1) is 0 Å². The Bertz CT molecular complexity index is 324. The van der Waals surface area contributed by atoms with Gasteiger partial charge in [-0.05, 0) is 25.0 Å². The zero-order chi connectivity index (χ0) is 11.4. The number of nitrogens with one attached hydrogen (secondary N) is 1. The predicted molar refractivity (Wildman–Crippen MR) is 61.5 cm³/mol. The van der Waals surface area contributed by atoms with Crippen molar-refractivity contribution in [3.8, 4) is 0 Å². The van der Waals surface area contributed by atoms with Crippen LogP contribution >= 0.6 is 0 Å². The second-order valence-electron chi connectivity index (χ2n) is 4.43. The maximum atomic E-state index is 13.4. The van der Waals surface area contributed by atoms with Crippen LogP contribution in [0.4, 0.5) is 14.5 Å². The second kappa shape index (κ2) is 5.28. The number of para-hydroxylation sites is 1. The second-order valence-corrected chi connectivity index (χ2v) is 4.43. The number of rotatable bonds is 2. The van der Waals surface area contributed by atoms with Crippen molar-refractivity contribution in [1.29, 1.82) is 0 Å². The van der Waals surface area contributed by atoms with E-state index in [0.717, 1.165) is 25.7 Å². The molecular formula is C13H17F2N. The van der Waals surface area contributed by atoms with Crippen LogP contribution < -0.4 is 5.32 Å². The number of hydrogen-bond donors (Lipinski definition) is 1. The highest BCUT2D eigenvalue weighted by Gasteiger charge is 2.15. The lowest BCUT2D eigenvalue weighted by Gasteiger charge is -2.18. The van der Waals surface area contributed by atoms with Gasteiger partial charge in [0.2, 0.25) is 0 Å². The van der Waals surface area contributed by atoms with Crippen molar-refractivity contribution in [3.63, 3.8) is 0 Å². The van der Waals surface area contributed by atoms with E-state index in [-0.39, 0.29) is 11.7 Å². The lowest BCUT2D eigenvalue weighted by atomic mass is 10.1. The van der Waals surface area contributed by atoms with Gasteiger partial charge in [-0.1, -0.05) is 31.7 Å². The zero-order valence-electron chi connectivity index (χ0n) is 9.31. The van der Waals surface area contributed by atoms with Crippen LogP contribution in [0, 0.1) is 11.6 Å². The van der Waals surface area contributed by atoms with Crippen molar-refractivity contribution in [2.24, 2.45) is 0 Å². The molecule has 1 fully saturated rings. The maximum Gasteiger partial charge on any atom is 0.149 e. The molecule has 1 saturated carbocycles. The van der Waals surface area contributed by atoms with Crippen LogP contribution in [0.3, 0.4) is 0 Å². The maximum absolute atomic E-state index is 13.4. The third-order valence-corrected chi connectivity index (χ3v) is 3.17. The van der Waals surface area contributed by atoms with E-state index in [1.165, 1.54) is 31.0 Å². The van der Waals surface area contributed by atoms with Crippen molar-refractivity contribution >= 4 is 5.69 Å². The number of anilines is 1. The van der Waals surface area contributed by atoms with Crippen molar-refractivity contribution in [3.05, 3.63) is 29.8 Å².